The molecule has 2 rings (SSSR count). The highest BCUT2D eigenvalue weighted by Crippen LogP contribution is 2.38. The lowest BCUT2D eigenvalue weighted by Gasteiger charge is -2.16. The molecule has 0 aliphatic heterocycles. The number of halogens is 2. The molecule has 0 spiro atoms. The van der Waals surface area contributed by atoms with Crippen LogP contribution in [0.3, 0.4) is 0 Å². The van der Waals surface area contributed by atoms with Gasteiger partial charge in [0.2, 0.25) is 0 Å². The van der Waals surface area contributed by atoms with Crippen molar-refractivity contribution in [1.29, 1.82) is 0 Å². The fourth-order valence-corrected chi connectivity index (χ4v) is 2.72. The molecule has 0 saturated heterocycles. The van der Waals surface area contributed by atoms with Crippen LogP contribution in [0.15, 0.2) is 36.4 Å². The summed E-state index contributed by atoms with van der Waals surface area (Å²) in [7, 11) is 3.21. The largest absolute Gasteiger partial charge is 0.496 e. The number of benzene rings is 2. The molecule has 2 aromatic carbocycles. The summed E-state index contributed by atoms with van der Waals surface area (Å²) < 4.78 is 24.1. The van der Waals surface area contributed by atoms with Crippen LogP contribution in [0.2, 0.25) is 0 Å². The molecule has 0 fully saturated rings. The first-order chi connectivity index (χ1) is 9.56. The molecule has 0 saturated carbocycles. The Morgan fingerprint density at radius 2 is 1.70 bits per heavy atom. The van der Waals surface area contributed by atoms with E-state index in [0.29, 0.717) is 5.75 Å². The van der Waals surface area contributed by atoms with Crippen molar-refractivity contribution in [3.05, 3.63) is 58.9 Å². The van der Waals surface area contributed by atoms with Gasteiger partial charge in [-0.3, -0.25) is 0 Å². The highest BCUT2D eigenvalue weighted by atomic mass is 79.9. The zero-order valence-corrected chi connectivity index (χ0v) is 13.2. The van der Waals surface area contributed by atoms with Crippen molar-refractivity contribution in [1.82, 2.24) is 0 Å². The van der Waals surface area contributed by atoms with Gasteiger partial charge >= 0.3 is 0 Å². The quantitative estimate of drug-likeness (QED) is 0.756. The van der Waals surface area contributed by atoms with E-state index in [1.54, 1.807) is 20.3 Å². The van der Waals surface area contributed by atoms with E-state index in [0.717, 1.165) is 22.4 Å². The van der Waals surface area contributed by atoms with Gasteiger partial charge in [-0.25, -0.2) is 4.39 Å². The summed E-state index contributed by atoms with van der Waals surface area (Å²) in [5.41, 5.74) is 2.79. The number of aryl methyl sites for hydroxylation is 1. The number of hydrogen-bond donors (Lipinski definition) is 0. The van der Waals surface area contributed by atoms with Crippen LogP contribution < -0.4 is 9.47 Å². The summed E-state index contributed by atoms with van der Waals surface area (Å²) in [5, 5.41) is 0. The van der Waals surface area contributed by atoms with Crippen LogP contribution in [-0.2, 0) is 0 Å². The summed E-state index contributed by atoms with van der Waals surface area (Å²) in [4.78, 5) is -0.164. The summed E-state index contributed by atoms with van der Waals surface area (Å²) in [6.07, 6.45) is 0. The number of methoxy groups -OCH3 is 2. The Morgan fingerprint density at radius 3 is 2.35 bits per heavy atom. The van der Waals surface area contributed by atoms with Gasteiger partial charge in [-0.15, -0.1) is 0 Å². The highest BCUT2D eigenvalue weighted by Gasteiger charge is 2.17. The van der Waals surface area contributed by atoms with Gasteiger partial charge in [0.1, 0.15) is 17.3 Å². The van der Waals surface area contributed by atoms with Gasteiger partial charge in [-0.05, 0) is 42.3 Å². The van der Waals surface area contributed by atoms with Gasteiger partial charge in [0.15, 0.2) is 0 Å². The van der Waals surface area contributed by atoms with Crippen LogP contribution in [-0.4, -0.2) is 14.2 Å². The molecule has 1 atom stereocenters. The first-order valence-electron chi connectivity index (χ1n) is 6.19. The zero-order valence-electron chi connectivity index (χ0n) is 11.6. The second-order valence-electron chi connectivity index (χ2n) is 4.48. The molecule has 0 aliphatic carbocycles. The van der Waals surface area contributed by atoms with Crippen molar-refractivity contribution in [2.45, 2.75) is 11.8 Å². The predicted octanol–water partition coefficient (Wildman–Crippen LogP) is 4.64. The van der Waals surface area contributed by atoms with E-state index in [9.17, 15) is 4.39 Å². The van der Waals surface area contributed by atoms with Crippen LogP contribution in [0.25, 0.3) is 0 Å². The van der Waals surface area contributed by atoms with E-state index in [2.05, 4.69) is 15.9 Å². The Morgan fingerprint density at radius 1 is 1.00 bits per heavy atom. The minimum atomic E-state index is -0.288. The molecule has 0 bridgehead atoms. The minimum absolute atomic E-state index is 0.164. The highest BCUT2D eigenvalue weighted by molar-refractivity contribution is 9.09. The van der Waals surface area contributed by atoms with E-state index in [-0.39, 0.29) is 10.6 Å². The van der Waals surface area contributed by atoms with E-state index >= 15 is 0 Å². The maximum absolute atomic E-state index is 13.5. The lowest BCUT2D eigenvalue weighted by molar-refractivity contribution is 0.408. The van der Waals surface area contributed by atoms with Crippen LogP contribution in [0.1, 0.15) is 21.5 Å². The lowest BCUT2D eigenvalue weighted by Crippen LogP contribution is -1.99. The molecule has 0 aromatic heterocycles. The average Bonchev–Trinajstić information content (AvgIpc) is 2.47. The predicted molar refractivity (Wildman–Crippen MR) is 81.5 cm³/mol. The monoisotopic (exact) mass is 338 g/mol. The minimum Gasteiger partial charge on any atom is -0.496 e. The Balaban J connectivity index is 2.45. The third-order valence-electron chi connectivity index (χ3n) is 3.19. The topological polar surface area (TPSA) is 18.5 Å². The SMILES string of the molecule is COc1cc(C(Br)c2cc(F)ccc2OC)ccc1C. The van der Waals surface area contributed by atoms with Crippen molar-refractivity contribution in [3.63, 3.8) is 0 Å². The molecule has 0 heterocycles. The third kappa shape index (κ3) is 2.96. The number of alkyl halides is 1. The molecule has 20 heavy (non-hydrogen) atoms. The third-order valence-corrected chi connectivity index (χ3v) is 4.21. The molecule has 0 aliphatic rings. The Hall–Kier alpha value is -1.55. The van der Waals surface area contributed by atoms with E-state index < -0.39 is 0 Å². The van der Waals surface area contributed by atoms with E-state index in [1.165, 1.54) is 12.1 Å². The Kier molecular flexibility index (Phi) is 4.65. The van der Waals surface area contributed by atoms with Crippen molar-refractivity contribution in [3.8, 4) is 11.5 Å². The van der Waals surface area contributed by atoms with E-state index in [4.69, 9.17) is 9.47 Å². The number of rotatable bonds is 4. The molecule has 2 nitrogen and oxygen atoms in total. The summed E-state index contributed by atoms with van der Waals surface area (Å²) in [6, 6.07) is 10.4. The summed E-state index contributed by atoms with van der Waals surface area (Å²) >= 11 is 3.61. The van der Waals surface area contributed by atoms with Crippen molar-refractivity contribution >= 4 is 15.9 Å². The Labute approximate surface area is 126 Å². The van der Waals surface area contributed by atoms with Crippen molar-refractivity contribution in [2.75, 3.05) is 14.2 Å². The summed E-state index contributed by atoms with van der Waals surface area (Å²) in [6.45, 7) is 1.98. The first kappa shape index (κ1) is 14.9. The van der Waals surface area contributed by atoms with Gasteiger partial charge in [0.25, 0.3) is 0 Å². The second kappa shape index (κ2) is 6.27. The molecule has 106 valence electrons. The van der Waals surface area contributed by atoms with Crippen molar-refractivity contribution < 1.29 is 13.9 Å². The molecule has 0 radical (unpaired) electrons. The van der Waals surface area contributed by atoms with Gasteiger partial charge in [-0.1, -0.05) is 28.1 Å². The van der Waals surface area contributed by atoms with Gasteiger partial charge < -0.3 is 9.47 Å². The van der Waals surface area contributed by atoms with Crippen LogP contribution in [0, 0.1) is 12.7 Å². The molecular formula is C16H16BrFO2. The van der Waals surface area contributed by atoms with Gasteiger partial charge in [0, 0.05) is 5.56 Å². The number of ether oxygens (including phenoxy) is 2. The smallest absolute Gasteiger partial charge is 0.123 e. The van der Waals surface area contributed by atoms with Gasteiger partial charge in [0.05, 0.1) is 19.0 Å². The number of hydrogen-bond acceptors (Lipinski definition) is 2. The maximum atomic E-state index is 13.5. The van der Waals surface area contributed by atoms with Gasteiger partial charge in [-0.2, -0.15) is 0 Å². The molecule has 2 aromatic rings. The van der Waals surface area contributed by atoms with Crippen LogP contribution >= 0.6 is 15.9 Å². The van der Waals surface area contributed by atoms with Crippen molar-refractivity contribution in [2.24, 2.45) is 0 Å². The molecule has 1 unspecified atom stereocenters. The summed E-state index contributed by atoms with van der Waals surface area (Å²) in [5.74, 6) is 1.17. The Bertz CT molecular complexity index is 613. The first-order valence-corrected chi connectivity index (χ1v) is 7.10. The zero-order chi connectivity index (χ0) is 14.7. The van der Waals surface area contributed by atoms with Crippen LogP contribution in [0.4, 0.5) is 4.39 Å². The molecule has 4 heteroatoms. The molecule has 0 amide bonds. The molecule has 0 N–H and O–H groups in total. The average molecular weight is 339 g/mol. The fraction of sp³-hybridized carbons (Fsp3) is 0.250. The molecular weight excluding hydrogens is 323 g/mol. The lowest BCUT2D eigenvalue weighted by atomic mass is 10.0. The maximum Gasteiger partial charge on any atom is 0.123 e. The fourth-order valence-electron chi connectivity index (χ4n) is 2.08. The normalized spacial score (nSPS) is 12.1. The van der Waals surface area contributed by atoms with Crippen LogP contribution in [0.5, 0.6) is 11.5 Å². The second-order valence-corrected chi connectivity index (χ2v) is 5.39. The van der Waals surface area contributed by atoms with E-state index in [1.807, 2.05) is 25.1 Å². The standard InChI is InChI=1S/C16H16BrFO2/c1-10-4-5-11(8-15(10)20-3)16(17)13-9-12(18)6-7-14(13)19-2/h4-9,16H,1-3H3.